The molecule has 0 aliphatic heterocycles. The van der Waals surface area contributed by atoms with Gasteiger partial charge in [0.1, 0.15) is 19.8 Å². The molecule has 0 saturated carbocycles. The molecule has 10 heteroatoms. The first kappa shape index (κ1) is 67.2. The third kappa shape index (κ3) is 54.5. The largest absolute Gasteiger partial charge is 0.756 e. The molecule has 2 atom stereocenters. The summed E-state index contributed by atoms with van der Waals surface area (Å²) in [5.41, 5.74) is 0. The summed E-state index contributed by atoms with van der Waals surface area (Å²) < 4.78 is 34.0. The highest BCUT2D eigenvalue weighted by atomic mass is 31.2. The summed E-state index contributed by atoms with van der Waals surface area (Å²) >= 11 is 0. The summed E-state index contributed by atoms with van der Waals surface area (Å²) in [7, 11) is 1.16. The van der Waals surface area contributed by atoms with Gasteiger partial charge in [0.15, 0.2) is 6.10 Å². The first-order valence-electron chi connectivity index (χ1n) is 28.3. The molecular weight excluding hydrogens is 894 g/mol. The Morgan fingerprint density at radius 1 is 0.457 bits per heavy atom. The Hall–Kier alpha value is -2.81. The van der Waals surface area contributed by atoms with Crippen molar-refractivity contribution in [3.63, 3.8) is 0 Å². The quantitative estimate of drug-likeness (QED) is 0.0195. The first-order valence-corrected chi connectivity index (χ1v) is 29.8. The zero-order valence-electron chi connectivity index (χ0n) is 45.7. The van der Waals surface area contributed by atoms with Gasteiger partial charge >= 0.3 is 11.9 Å². The Morgan fingerprint density at radius 2 is 0.814 bits per heavy atom. The van der Waals surface area contributed by atoms with E-state index in [1.807, 2.05) is 21.1 Å². The van der Waals surface area contributed by atoms with E-state index in [9.17, 15) is 19.0 Å². The predicted octanol–water partition coefficient (Wildman–Crippen LogP) is 16.8. The number of phosphoric ester groups is 1. The number of ether oxygens (including phenoxy) is 2. The van der Waals surface area contributed by atoms with E-state index in [1.165, 1.54) is 96.3 Å². The normalized spacial score (nSPS) is 14.0. The third-order valence-corrected chi connectivity index (χ3v) is 12.9. The molecule has 0 aromatic heterocycles. The number of carbonyl (C=O) groups is 2. The monoisotopic (exact) mass is 1000 g/mol. The second kappa shape index (κ2) is 51.1. The van der Waals surface area contributed by atoms with E-state index in [4.69, 9.17) is 18.5 Å². The standard InChI is InChI=1S/C60H106NO8P/c1-6-8-10-12-14-16-18-19-20-21-22-23-24-25-26-27-28-29-30-31-32-33-34-35-36-37-38-39-40-41-43-45-47-49-51-53-60(63)69-58(57-68-70(64,65)67-55-54-61(3,4)5)56-66-59(62)52-50-48-46-44-42-17-15-13-11-9-7-2/h8,10,13-16,19-20,22-23,25-26,28-29,58H,6-7,9,11-12,17-18,21,24,27,30-57H2,1-5H3/b10-8-,15-13-,16-14-,20-19-,23-22-,26-25-,29-28-. The van der Waals surface area contributed by atoms with Gasteiger partial charge < -0.3 is 27.9 Å². The summed E-state index contributed by atoms with van der Waals surface area (Å²) in [4.78, 5) is 37.7. The minimum Gasteiger partial charge on any atom is -0.756 e. The van der Waals surface area contributed by atoms with Crippen LogP contribution in [0.25, 0.3) is 0 Å². The van der Waals surface area contributed by atoms with Crippen molar-refractivity contribution in [2.75, 3.05) is 47.5 Å². The van der Waals surface area contributed by atoms with Gasteiger partial charge in [0.25, 0.3) is 7.82 Å². The molecule has 0 aromatic carbocycles. The van der Waals surface area contributed by atoms with Gasteiger partial charge in [-0.05, 0) is 83.5 Å². The maximum absolute atomic E-state index is 12.8. The van der Waals surface area contributed by atoms with E-state index < -0.39 is 32.5 Å². The van der Waals surface area contributed by atoms with Crippen LogP contribution in [0.2, 0.25) is 0 Å². The lowest BCUT2D eigenvalue weighted by molar-refractivity contribution is -0.870. The van der Waals surface area contributed by atoms with Crippen LogP contribution in [0.4, 0.5) is 0 Å². The average Bonchev–Trinajstić information content (AvgIpc) is 3.32. The van der Waals surface area contributed by atoms with Gasteiger partial charge in [-0.3, -0.25) is 14.2 Å². The molecule has 0 aromatic rings. The highest BCUT2D eigenvalue weighted by molar-refractivity contribution is 7.45. The van der Waals surface area contributed by atoms with Crippen LogP contribution in [0.5, 0.6) is 0 Å². The Balaban J connectivity index is 4.01. The molecule has 0 amide bonds. The maximum atomic E-state index is 12.8. The first-order chi connectivity index (χ1) is 34.0. The lowest BCUT2D eigenvalue weighted by Gasteiger charge is -2.28. The molecule has 9 nitrogen and oxygen atoms in total. The zero-order valence-corrected chi connectivity index (χ0v) is 46.6. The fraction of sp³-hybridized carbons (Fsp3) is 0.733. The smallest absolute Gasteiger partial charge is 0.306 e. The number of nitrogens with zero attached hydrogens (tertiary/aromatic N) is 1. The van der Waals surface area contributed by atoms with E-state index in [2.05, 4.69) is 98.9 Å². The summed E-state index contributed by atoms with van der Waals surface area (Å²) in [6.45, 7) is 4.07. The van der Waals surface area contributed by atoms with Gasteiger partial charge in [0.05, 0.1) is 27.7 Å². The fourth-order valence-corrected chi connectivity index (χ4v) is 8.25. The Morgan fingerprint density at radius 3 is 1.23 bits per heavy atom. The number of unbranched alkanes of at least 4 members (excludes halogenated alkanes) is 23. The van der Waals surface area contributed by atoms with Gasteiger partial charge in [0, 0.05) is 12.8 Å². The summed E-state index contributed by atoms with van der Waals surface area (Å²) in [5.74, 6) is -0.844. The highest BCUT2D eigenvalue weighted by Crippen LogP contribution is 2.38. The molecule has 0 rings (SSSR count). The molecule has 0 aliphatic rings. The van der Waals surface area contributed by atoms with Crippen molar-refractivity contribution >= 4 is 19.8 Å². The number of quaternary nitrogens is 1. The molecule has 0 aliphatic carbocycles. The molecular formula is C60H106NO8P. The number of hydrogen-bond donors (Lipinski definition) is 0. The van der Waals surface area contributed by atoms with Crippen LogP contribution in [0.1, 0.15) is 232 Å². The fourth-order valence-electron chi connectivity index (χ4n) is 7.52. The third-order valence-electron chi connectivity index (χ3n) is 11.9. The van der Waals surface area contributed by atoms with Crippen molar-refractivity contribution in [2.24, 2.45) is 0 Å². The number of phosphoric acid groups is 1. The van der Waals surface area contributed by atoms with Crippen LogP contribution in [-0.4, -0.2) is 70.0 Å². The molecule has 0 fully saturated rings. The molecule has 0 spiro atoms. The molecule has 70 heavy (non-hydrogen) atoms. The number of carbonyl (C=O) groups excluding carboxylic acids is 2. The molecule has 2 unspecified atom stereocenters. The number of allylic oxidation sites excluding steroid dienone is 14. The van der Waals surface area contributed by atoms with Gasteiger partial charge in [-0.1, -0.05) is 221 Å². The second-order valence-corrected chi connectivity index (χ2v) is 21.3. The van der Waals surface area contributed by atoms with Crippen LogP contribution in [-0.2, 0) is 32.7 Å². The Kier molecular flexibility index (Phi) is 49.1. The Labute approximate surface area is 431 Å². The van der Waals surface area contributed by atoms with E-state index in [0.29, 0.717) is 17.4 Å². The number of esters is 2. The van der Waals surface area contributed by atoms with Gasteiger partial charge in [-0.15, -0.1) is 0 Å². The minimum atomic E-state index is -4.63. The van der Waals surface area contributed by atoms with Crippen molar-refractivity contribution in [1.29, 1.82) is 0 Å². The van der Waals surface area contributed by atoms with Crippen molar-refractivity contribution < 1.29 is 42.1 Å². The number of likely N-dealkylation sites (N-methyl/N-ethyl adjacent to an activating group) is 1. The van der Waals surface area contributed by atoms with Crippen LogP contribution < -0.4 is 4.89 Å². The second-order valence-electron chi connectivity index (χ2n) is 19.9. The topological polar surface area (TPSA) is 111 Å². The van der Waals surface area contributed by atoms with Crippen LogP contribution in [0, 0.1) is 0 Å². The minimum absolute atomic E-state index is 0.0339. The zero-order chi connectivity index (χ0) is 51.3. The molecule has 0 radical (unpaired) electrons. The predicted molar refractivity (Wildman–Crippen MR) is 296 cm³/mol. The van der Waals surface area contributed by atoms with Crippen molar-refractivity contribution in [3.8, 4) is 0 Å². The molecule has 404 valence electrons. The maximum Gasteiger partial charge on any atom is 0.306 e. The van der Waals surface area contributed by atoms with E-state index >= 15 is 0 Å². The SMILES string of the molecule is CC/C=C\C/C=C\C/C=C\C/C=C\C/C=C\C/C=C\CCCCCCCCCCCCCCCCCCC(=O)OC(COC(=O)CCCCCCC/C=C\CCCC)COP(=O)([O-])OCC[N+](C)(C)C. The van der Waals surface area contributed by atoms with Gasteiger partial charge in [-0.25, -0.2) is 0 Å². The van der Waals surface area contributed by atoms with Crippen molar-refractivity contribution in [3.05, 3.63) is 85.1 Å². The average molecular weight is 1000 g/mol. The van der Waals surface area contributed by atoms with Gasteiger partial charge in [0.2, 0.25) is 0 Å². The number of rotatable bonds is 51. The van der Waals surface area contributed by atoms with Crippen LogP contribution >= 0.6 is 7.82 Å². The lowest BCUT2D eigenvalue weighted by atomic mass is 10.0. The molecule has 0 heterocycles. The lowest BCUT2D eigenvalue weighted by Crippen LogP contribution is -2.37. The number of hydrogen-bond acceptors (Lipinski definition) is 8. The van der Waals surface area contributed by atoms with Crippen LogP contribution in [0.3, 0.4) is 0 Å². The van der Waals surface area contributed by atoms with E-state index in [1.54, 1.807) is 0 Å². The summed E-state index contributed by atoms with van der Waals surface area (Å²) in [6, 6.07) is 0. The Bertz CT molecular complexity index is 1460. The van der Waals surface area contributed by atoms with Crippen LogP contribution in [0.15, 0.2) is 85.1 Å². The van der Waals surface area contributed by atoms with Crippen molar-refractivity contribution in [1.82, 2.24) is 0 Å². The molecule has 0 saturated heterocycles. The summed E-state index contributed by atoms with van der Waals surface area (Å²) in [6.07, 6.45) is 67.9. The van der Waals surface area contributed by atoms with E-state index in [-0.39, 0.29) is 26.1 Å². The molecule has 0 bridgehead atoms. The van der Waals surface area contributed by atoms with E-state index in [0.717, 1.165) is 103 Å². The summed E-state index contributed by atoms with van der Waals surface area (Å²) in [5, 5.41) is 0. The highest BCUT2D eigenvalue weighted by Gasteiger charge is 2.21. The van der Waals surface area contributed by atoms with Gasteiger partial charge in [-0.2, -0.15) is 0 Å². The van der Waals surface area contributed by atoms with Crippen molar-refractivity contribution in [2.45, 2.75) is 238 Å². The molecule has 0 N–H and O–H groups in total.